The summed E-state index contributed by atoms with van der Waals surface area (Å²) in [6, 6.07) is 12.4. The van der Waals surface area contributed by atoms with Crippen molar-refractivity contribution >= 4 is 17.3 Å². The summed E-state index contributed by atoms with van der Waals surface area (Å²) in [5.41, 5.74) is 6.05. The predicted octanol–water partition coefficient (Wildman–Crippen LogP) is 2.03. The molecule has 0 heterocycles. The minimum absolute atomic E-state index is 0.0204. The number of rotatable bonds is 4. The zero-order chi connectivity index (χ0) is 14.5. The number of aliphatic hydroxyl groups excluding tert-OH is 1. The monoisotopic (exact) mass is 271 g/mol. The van der Waals surface area contributed by atoms with Crippen molar-refractivity contribution in [3.05, 3.63) is 59.2 Å². The van der Waals surface area contributed by atoms with Crippen molar-refractivity contribution in [1.82, 2.24) is 0 Å². The number of hydrazine groups is 1. The molecule has 2 aromatic rings. The van der Waals surface area contributed by atoms with Gasteiger partial charge in [-0.05, 0) is 42.3 Å². The Kier molecular flexibility index (Phi) is 4.34. The molecule has 2 rings (SSSR count). The number of hydrogen-bond donors (Lipinski definition) is 4. The van der Waals surface area contributed by atoms with Crippen LogP contribution >= 0.6 is 0 Å². The van der Waals surface area contributed by atoms with Crippen LogP contribution in [0.3, 0.4) is 0 Å². The summed E-state index contributed by atoms with van der Waals surface area (Å²) in [4.78, 5) is 12.2. The van der Waals surface area contributed by atoms with Gasteiger partial charge in [0.05, 0.1) is 17.9 Å². The molecule has 0 atom stereocenters. The number of nitrogens with one attached hydrogen (secondary N) is 2. The lowest BCUT2D eigenvalue weighted by atomic mass is 10.1. The zero-order valence-electron chi connectivity index (χ0n) is 11.2. The maximum absolute atomic E-state index is 12.2. The van der Waals surface area contributed by atoms with Gasteiger partial charge in [0, 0.05) is 5.69 Å². The first-order chi connectivity index (χ1) is 9.63. The Morgan fingerprint density at radius 3 is 2.50 bits per heavy atom. The van der Waals surface area contributed by atoms with Gasteiger partial charge in [-0.15, -0.1) is 0 Å². The van der Waals surface area contributed by atoms with Crippen molar-refractivity contribution in [3.8, 4) is 0 Å². The molecule has 104 valence electrons. The van der Waals surface area contributed by atoms with E-state index < -0.39 is 0 Å². The van der Waals surface area contributed by atoms with Crippen LogP contribution in [0.4, 0.5) is 11.4 Å². The predicted molar refractivity (Wildman–Crippen MR) is 79.3 cm³/mol. The van der Waals surface area contributed by atoms with Crippen LogP contribution in [0.1, 0.15) is 21.5 Å². The Hall–Kier alpha value is -2.37. The highest BCUT2D eigenvalue weighted by atomic mass is 16.3. The van der Waals surface area contributed by atoms with Crippen molar-refractivity contribution in [2.75, 3.05) is 10.7 Å². The molecule has 0 radical (unpaired) electrons. The fourth-order valence-electron chi connectivity index (χ4n) is 1.87. The first-order valence-electron chi connectivity index (χ1n) is 6.22. The van der Waals surface area contributed by atoms with E-state index in [1.165, 1.54) is 0 Å². The lowest BCUT2D eigenvalue weighted by molar-refractivity contribution is 0.102. The SMILES string of the molecule is Cc1ccc(C(=O)Nc2ccc(CO)cc2)c(NN)c1. The lowest BCUT2D eigenvalue weighted by Gasteiger charge is -2.10. The van der Waals surface area contributed by atoms with E-state index in [2.05, 4.69) is 10.7 Å². The summed E-state index contributed by atoms with van der Waals surface area (Å²) < 4.78 is 0. The first-order valence-corrected chi connectivity index (χ1v) is 6.22. The van der Waals surface area contributed by atoms with E-state index in [0.717, 1.165) is 11.1 Å². The zero-order valence-corrected chi connectivity index (χ0v) is 11.2. The maximum Gasteiger partial charge on any atom is 0.257 e. The van der Waals surface area contributed by atoms with E-state index in [4.69, 9.17) is 10.9 Å². The number of anilines is 2. The first kappa shape index (κ1) is 14.0. The number of carbonyl (C=O) groups is 1. The van der Waals surface area contributed by atoms with Crippen LogP contribution in [0.5, 0.6) is 0 Å². The Labute approximate surface area is 117 Å². The molecule has 20 heavy (non-hydrogen) atoms. The van der Waals surface area contributed by atoms with Crippen LogP contribution in [-0.4, -0.2) is 11.0 Å². The maximum atomic E-state index is 12.2. The number of aryl methyl sites for hydroxylation is 1. The summed E-state index contributed by atoms with van der Waals surface area (Å²) in [7, 11) is 0. The highest BCUT2D eigenvalue weighted by Crippen LogP contribution is 2.18. The fourth-order valence-corrected chi connectivity index (χ4v) is 1.87. The topological polar surface area (TPSA) is 87.4 Å². The Morgan fingerprint density at radius 2 is 1.90 bits per heavy atom. The number of carbonyl (C=O) groups excluding carboxylic acids is 1. The molecule has 0 bridgehead atoms. The molecule has 0 aliphatic carbocycles. The minimum atomic E-state index is -0.241. The normalized spacial score (nSPS) is 10.2. The molecule has 5 heteroatoms. The molecule has 0 saturated carbocycles. The van der Waals surface area contributed by atoms with E-state index in [1.807, 2.05) is 19.1 Å². The average Bonchev–Trinajstić information content (AvgIpc) is 2.47. The summed E-state index contributed by atoms with van der Waals surface area (Å²) >= 11 is 0. The second kappa shape index (κ2) is 6.18. The Balaban J connectivity index is 2.19. The molecule has 0 aliphatic heterocycles. The van der Waals surface area contributed by atoms with Gasteiger partial charge in [0.15, 0.2) is 0 Å². The van der Waals surface area contributed by atoms with Crippen molar-refractivity contribution in [2.24, 2.45) is 5.84 Å². The van der Waals surface area contributed by atoms with Crippen LogP contribution in [0, 0.1) is 6.92 Å². The van der Waals surface area contributed by atoms with Gasteiger partial charge in [0.2, 0.25) is 0 Å². The highest BCUT2D eigenvalue weighted by Gasteiger charge is 2.11. The van der Waals surface area contributed by atoms with Crippen LogP contribution in [0.2, 0.25) is 0 Å². The van der Waals surface area contributed by atoms with Crippen LogP contribution in [0.25, 0.3) is 0 Å². The largest absolute Gasteiger partial charge is 0.392 e. The molecule has 5 N–H and O–H groups in total. The number of amides is 1. The van der Waals surface area contributed by atoms with Gasteiger partial charge in [0.25, 0.3) is 5.91 Å². The second-order valence-electron chi connectivity index (χ2n) is 4.50. The molecule has 0 aliphatic rings. The van der Waals surface area contributed by atoms with Gasteiger partial charge < -0.3 is 15.8 Å². The van der Waals surface area contributed by atoms with Gasteiger partial charge in [-0.2, -0.15) is 0 Å². The molecule has 0 aromatic heterocycles. The molecule has 0 spiro atoms. The Bertz CT molecular complexity index is 609. The number of aliphatic hydroxyl groups is 1. The summed E-state index contributed by atoms with van der Waals surface area (Å²) in [5.74, 6) is 5.19. The molecule has 0 unspecified atom stereocenters. The van der Waals surface area contributed by atoms with E-state index in [0.29, 0.717) is 16.9 Å². The third-order valence-corrected chi connectivity index (χ3v) is 2.97. The molecule has 0 fully saturated rings. The summed E-state index contributed by atoms with van der Waals surface area (Å²) in [6.07, 6.45) is 0. The number of nitrogen functional groups attached to an aromatic ring is 1. The number of nitrogens with two attached hydrogens (primary N) is 1. The fraction of sp³-hybridized carbons (Fsp3) is 0.133. The minimum Gasteiger partial charge on any atom is -0.392 e. The number of hydrogen-bond acceptors (Lipinski definition) is 4. The molecule has 2 aromatic carbocycles. The van der Waals surface area contributed by atoms with E-state index >= 15 is 0 Å². The average molecular weight is 271 g/mol. The highest BCUT2D eigenvalue weighted by molar-refractivity contribution is 6.08. The molecular formula is C15H17N3O2. The molecule has 1 amide bonds. The standard InChI is InChI=1S/C15H17N3O2/c1-10-2-7-13(14(8-10)18-16)15(20)17-12-5-3-11(9-19)4-6-12/h2-8,18-19H,9,16H2,1H3,(H,17,20). The molecular weight excluding hydrogens is 254 g/mol. The Morgan fingerprint density at radius 1 is 1.20 bits per heavy atom. The second-order valence-corrected chi connectivity index (χ2v) is 4.50. The van der Waals surface area contributed by atoms with Crippen molar-refractivity contribution in [1.29, 1.82) is 0 Å². The van der Waals surface area contributed by atoms with Crippen LogP contribution < -0.4 is 16.6 Å². The summed E-state index contributed by atoms with van der Waals surface area (Å²) in [5, 5.41) is 11.8. The van der Waals surface area contributed by atoms with Gasteiger partial charge in [0.1, 0.15) is 0 Å². The van der Waals surface area contributed by atoms with Crippen LogP contribution in [0.15, 0.2) is 42.5 Å². The van der Waals surface area contributed by atoms with E-state index in [-0.39, 0.29) is 12.5 Å². The van der Waals surface area contributed by atoms with Gasteiger partial charge in [-0.3, -0.25) is 10.6 Å². The van der Waals surface area contributed by atoms with Crippen molar-refractivity contribution < 1.29 is 9.90 Å². The van der Waals surface area contributed by atoms with Gasteiger partial charge in [-0.1, -0.05) is 18.2 Å². The van der Waals surface area contributed by atoms with Gasteiger partial charge in [-0.25, -0.2) is 0 Å². The molecule has 5 nitrogen and oxygen atoms in total. The van der Waals surface area contributed by atoms with E-state index in [1.54, 1.807) is 30.3 Å². The lowest BCUT2D eigenvalue weighted by Crippen LogP contribution is -2.17. The van der Waals surface area contributed by atoms with Crippen molar-refractivity contribution in [2.45, 2.75) is 13.5 Å². The number of benzene rings is 2. The van der Waals surface area contributed by atoms with Crippen LogP contribution in [-0.2, 0) is 6.61 Å². The van der Waals surface area contributed by atoms with Crippen molar-refractivity contribution in [3.63, 3.8) is 0 Å². The smallest absolute Gasteiger partial charge is 0.257 e. The summed E-state index contributed by atoms with van der Waals surface area (Å²) in [6.45, 7) is 1.91. The third-order valence-electron chi connectivity index (χ3n) is 2.97. The van der Waals surface area contributed by atoms with Gasteiger partial charge >= 0.3 is 0 Å². The quantitative estimate of drug-likeness (QED) is 0.506. The van der Waals surface area contributed by atoms with E-state index in [9.17, 15) is 4.79 Å². The third kappa shape index (κ3) is 3.14. The molecule has 0 saturated heterocycles.